The number of methoxy groups -OCH3 is 2. The van der Waals surface area contributed by atoms with E-state index < -0.39 is 0 Å². The molecule has 0 saturated carbocycles. The molecule has 0 aliphatic heterocycles. The number of hydrogen-bond acceptors (Lipinski definition) is 5. The Hall–Kier alpha value is -2.99. The van der Waals surface area contributed by atoms with Crippen LogP contribution in [0.4, 0.5) is 0 Å². The topological polar surface area (TPSA) is 73.3 Å². The van der Waals surface area contributed by atoms with Crippen LogP contribution in [0.25, 0.3) is 11.0 Å². The van der Waals surface area contributed by atoms with Crippen LogP contribution in [-0.4, -0.2) is 36.6 Å². The first-order valence-electron chi connectivity index (χ1n) is 7.88. The Morgan fingerprint density at radius 1 is 1.08 bits per heavy atom. The van der Waals surface area contributed by atoms with Crippen LogP contribution in [0.2, 0.25) is 0 Å². The molecule has 1 unspecified atom stereocenters. The number of hydrogen-bond donors (Lipinski definition) is 1. The molecule has 128 valence electrons. The van der Waals surface area contributed by atoms with Crippen molar-refractivity contribution in [1.82, 2.24) is 15.3 Å². The minimum absolute atomic E-state index is 0.272. The fourth-order valence-corrected chi connectivity index (χ4v) is 2.60. The molecule has 1 aromatic heterocycles. The molecular weight excluding hydrogens is 318 g/mol. The van der Waals surface area contributed by atoms with Gasteiger partial charge >= 0.3 is 0 Å². The molecule has 6 nitrogen and oxygen atoms in total. The summed E-state index contributed by atoms with van der Waals surface area (Å²) in [5, 5.41) is 2.84. The van der Waals surface area contributed by atoms with E-state index in [9.17, 15) is 4.79 Å². The summed E-state index contributed by atoms with van der Waals surface area (Å²) in [5.41, 5.74) is 2.58. The molecule has 0 bridgehead atoms. The number of para-hydroxylation sites is 3. The number of amides is 1. The predicted molar refractivity (Wildman–Crippen MR) is 94.6 cm³/mol. The van der Waals surface area contributed by atoms with Gasteiger partial charge in [0.05, 0.1) is 24.3 Å². The second-order valence-corrected chi connectivity index (χ2v) is 5.42. The number of aromatic nitrogens is 2. The third kappa shape index (κ3) is 3.75. The van der Waals surface area contributed by atoms with Crippen molar-refractivity contribution in [2.45, 2.75) is 6.10 Å². The Kier molecular flexibility index (Phi) is 5.20. The van der Waals surface area contributed by atoms with Crippen molar-refractivity contribution in [3.63, 3.8) is 0 Å². The van der Waals surface area contributed by atoms with Crippen molar-refractivity contribution in [2.75, 3.05) is 20.8 Å². The number of nitrogens with zero attached hydrogens (tertiary/aromatic N) is 2. The van der Waals surface area contributed by atoms with Gasteiger partial charge in [0.2, 0.25) is 0 Å². The number of fused-ring (bicyclic) bond motifs is 1. The first kappa shape index (κ1) is 16.9. The Balaban J connectivity index is 1.73. The van der Waals surface area contributed by atoms with Gasteiger partial charge < -0.3 is 14.8 Å². The van der Waals surface area contributed by atoms with Crippen LogP contribution in [0, 0.1) is 0 Å². The molecule has 0 aliphatic rings. The highest BCUT2D eigenvalue weighted by Crippen LogP contribution is 2.26. The molecule has 3 aromatic rings. The number of benzene rings is 2. The molecule has 3 rings (SSSR count). The normalized spacial score (nSPS) is 11.9. The lowest BCUT2D eigenvalue weighted by Gasteiger charge is -2.19. The van der Waals surface area contributed by atoms with E-state index in [4.69, 9.17) is 9.47 Å². The van der Waals surface area contributed by atoms with Crippen LogP contribution in [0.5, 0.6) is 5.75 Å². The van der Waals surface area contributed by atoms with E-state index in [1.54, 1.807) is 14.2 Å². The van der Waals surface area contributed by atoms with Gasteiger partial charge in [0.1, 0.15) is 17.5 Å². The van der Waals surface area contributed by atoms with E-state index in [1.165, 1.54) is 6.20 Å². The Morgan fingerprint density at radius 3 is 2.56 bits per heavy atom. The van der Waals surface area contributed by atoms with Crippen LogP contribution >= 0.6 is 0 Å². The molecule has 0 fully saturated rings. The Morgan fingerprint density at radius 2 is 1.80 bits per heavy atom. The third-order valence-electron chi connectivity index (χ3n) is 3.90. The highest BCUT2D eigenvalue weighted by Gasteiger charge is 2.17. The lowest BCUT2D eigenvalue weighted by atomic mass is 10.1. The van der Waals surface area contributed by atoms with Crippen LogP contribution in [0.1, 0.15) is 22.2 Å². The highest BCUT2D eigenvalue weighted by atomic mass is 16.5. The number of carbonyl (C=O) groups is 1. The summed E-state index contributed by atoms with van der Waals surface area (Å²) < 4.78 is 10.9. The molecule has 0 radical (unpaired) electrons. The quantitative estimate of drug-likeness (QED) is 0.749. The maximum atomic E-state index is 12.4. The minimum Gasteiger partial charge on any atom is -0.496 e. The molecule has 1 atom stereocenters. The molecule has 25 heavy (non-hydrogen) atoms. The van der Waals surface area contributed by atoms with Gasteiger partial charge in [-0.3, -0.25) is 9.78 Å². The van der Waals surface area contributed by atoms with Gasteiger partial charge in [-0.15, -0.1) is 0 Å². The van der Waals surface area contributed by atoms with Gasteiger partial charge in [-0.05, 0) is 18.2 Å². The van der Waals surface area contributed by atoms with Crippen molar-refractivity contribution < 1.29 is 14.3 Å². The molecule has 0 saturated heterocycles. The molecule has 1 amide bonds. The fraction of sp³-hybridized carbons (Fsp3) is 0.211. The van der Waals surface area contributed by atoms with Crippen molar-refractivity contribution >= 4 is 16.9 Å². The monoisotopic (exact) mass is 337 g/mol. The van der Waals surface area contributed by atoms with Gasteiger partial charge in [-0.25, -0.2) is 4.98 Å². The molecule has 2 aromatic carbocycles. The summed E-state index contributed by atoms with van der Waals surface area (Å²) in [7, 11) is 3.20. The van der Waals surface area contributed by atoms with Crippen LogP contribution in [0.3, 0.4) is 0 Å². The molecule has 0 aliphatic carbocycles. The standard InChI is InChI=1S/C19H19N3O3/c1-24-17-10-6-3-7-13(17)18(25-2)12-21-19(23)16-11-20-14-8-4-5-9-15(14)22-16/h3-11,18H,12H2,1-2H3,(H,21,23). The molecular formula is C19H19N3O3. The van der Waals surface area contributed by atoms with Crippen LogP contribution < -0.4 is 10.1 Å². The van der Waals surface area contributed by atoms with Crippen LogP contribution in [0.15, 0.2) is 54.7 Å². The van der Waals surface area contributed by atoms with Gasteiger partial charge in [-0.2, -0.15) is 0 Å². The summed E-state index contributed by atoms with van der Waals surface area (Å²) in [6.07, 6.45) is 1.15. The second-order valence-electron chi connectivity index (χ2n) is 5.42. The van der Waals surface area contributed by atoms with E-state index in [-0.39, 0.29) is 17.7 Å². The SMILES string of the molecule is COc1ccccc1C(CNC(=O)c1cnc2ccccc2n1)OC. The Labute approximate surface area is 145 Å². The maximum absolute atomic E-state index is 12.4. The van der Waals surface area contributed by atoms with Gasteiger partial charge in [0.15, 0.2) is 0 Å². The maximum Gasteiger partial charge on any atom is 0.271 e. The zero-order valence-corrected chi connectivity index (χ0v) is 14.1. The average Bonchev–Trinajstić information content (AvgIpc) is 2.68. The van der Waals surface area contributed by atoms with E-state index in [0.717, 1.165) is 11.1 Å². The summed E-state index contributed by atoms with van der Waals surface area (Å²) >= 11 is 0. The fourth-order valence-electron chi connectivity index (χ4n) is 2.60. The van der Waals surface area contributed by atoms with Gasteiger partial charge in [0, 0.05) is 19.2 Å². The third-order valence-corrected chi connectivity index (χ3v) is 3.90. The first-order chi connectivity index (χ1) is 12.2. The van der Waals surface area contributed by atoms with E-state index in [1.807, 2.05) is 48.5 Å². The molecule has 1 N–H and O–H groups in total. The smallest absolute Gasteiger partial charge is 0.271 e. The molecule has 0 spiro atoms. The minimum atomic E-state index is -0.325. The van der Waals surface area contributed by atoms with Crippen LogP contribution in [-0.2, 0) is 4.74 Å². The van der Waals surface area contributed by atoms with Crippen molar-refractivity contribution in [3.8, 4) is 5.75 Å². The number of ether oxygens (including phenoxy) is 2. The van der Waals surface area contributed by atoms with Gasteiger partial charge in [-0.1, -0.05) is 30.3 Å². The summed E-state index contributed by atoms with van der Waals surface area (Å²) in [6.45, 7) is 0.296. The summed E-state index contributed by atoms with van der Waals surface area (Å²) in [4.78, 5) is 21.0. The average molecular weight is 337 g/mol. The number of rotatable bonds is 6. The summed E-state index contributed by atoms with van der Waals surface area (Å²) in [6, 6.07) is 15.0. The highest BCUT2D eigenvalue weighted by molar-refractivity contribution is 5.93. The number of nitrogens with one attached hydrogen (secondary N) is 1. The van der Waals surface area contributed by atoms with Gasteiger partial charge in [0.25, 0.3) is 5.91 Å². The second kappa shape index (κ2) is 7.72. The van der Waals surface area contributed by atoms with E-state index >= 15 is 0 Å². The molecule has 1 heterocycles. The van der Waals surface area contributed by atoms with E-state index in [0.29, 0.717) is 17.8 Å². The van der Waals surface area contributed by atoms with Crippen molar-refractivity contribution in [1.29, 1.82) is 0 Å². The van der Waals surface area contributed by atoms with Crippen molar-refractivity contribution in [2.24, 2.45) is 0 Å². The largest absolute Gasteiger partial charge is 0.496 e. The lowest BCUT2D eigenvalue weighted by Crippen LogP contribution is -2.30. The number of carbonyl (C=O) groups excluding carboxylic acids is 1. The van der Waals surface area contributed by atoms with E-state index in [2.05, 4.69) is 15.3 Å². The predicted octanol–water partition coefficient (Wildman–Crippen LogP) is 2.76. The first-order valence-corrected chi connectivity index (χ1v) is 7.88. The van der Waals surface area contributed by atoms with Crippen molar-refractivity contribution in [3.05, 3.63) is 66.0 Å². The lowest BCUT2D eigenvalue weighted by molar-refractivity contribution is 0.0815. The molecule has 6 heteroatoms. The summed E-state index contributed by atoms with van der Waals surface area (Å²) in [5.74, 6) is 0.421. The zero-order valence-electron chi connectivity index (χ0n) is 14.1. The Bertz CT molecular complexity index is 882. The zero-order chi connectivity index (χ0) is 17.6.